The van der Waals surface area contributed by atoms with Gasteiger partial charge in [0.25, 0.3) is 0 Å². The summed E-state index contributed by atoms with van der Waals surface area (Å²) in [6.07, 6.45) is 13.5. The predicted molar refractivity (Wildman–Crippen MR) is 289 cm³/mol. The van der Waals surface area contributed by atoms with Crippen molar-refractivity contribution in [1.82, 2.24) is 0 Å². The van der Waals surface area contributed by atoms with Crippen LogP contribution in [0.4, 0.5) is 0 Å². The molecule has 392 valence electrons. The van der Waals surface area contributed by atoms with Crippen LogP contribution in [0.1, 0.15) is 90.4 Å². The first-order valence-corrected chi connectivity index (χ1v) is 49.1. The second-order valence-electron chi connectivity index (χ2n) is 23.0. The molecule has 0 amide bonds. The van der Waals surface area contributed by atoms with Crippen molar-refractivity contribution in [2.45, 2.75) is 238 Å². The highest BCUT2D eigenvalue weighted by Gasteiger charge is 2.52. The Kier molecular flexibility index (Phi) is 32.9. The van der Waals surface area contributed by atoms with Gasteiger partial charge >= 0.3 is 34.2 Å². The summed E-state index contributed by atoms with van der Waals surface area (Å²) in [4.78, 5) is 0. The molecule has 0 bridgehead atoms. The van der Waals surface area contributed by atoms with Gasteiger partial charge in [0.05, 0.1) is 39.6 Å². The summed E-state index contributed by atoms with van der Waals surface area (Å²) in [7, 11) is -19.1. The maximum absolute atomic E-state index is 10.5. The lowest BCUT2D eigenvalue weighted by atomic mass is 10.1. The Balaban J connectivity index is 6.15. The molecule has 13 nitrogen and oxygen atoms in total. The van der Waals surface area contributed by atoms with Crippen molar-refractivity contribution in [3.63, 3.8) is 0 Å². The average molecular weight is 1070 g/mol. The van der Waals surface area contributed by atoms with Crippen LogP contribution < -0.4 is 0 Å². The molecular formula is C44H106O13Si8. The van der Waals surface area contributed by atoms with E-state index in [0.29, 0.717) is 13.0 Å². The third-order valence-corrected chi connectivity index (χ3v) is 39.8. The molecule has 4 N–H and O–H groups in total. The number of ether oxygens (including phenoxy) is 3. The van der Waals surface area contributed by atoms with E-state index in [-0.39, 0.29) is 33.0 Å². The number of unbranched alkanes of at least 4 members (excludes halogenated alkanes) is 11. The van der Waals surface area contributed by atoms with Gasteiger partial charge in [-0.2, -0.15) is 0 Å². The van der Waals surface area contributed by atoms with Crippen LogP contribution in [0.25, 0.3) is 0 Å². The van der Waals surface area contributed by atoms with E-state index < -0.39 is 92.4 Å². The predicted octanol–water partition coefficient (Wildman–Crippen LogP) is 10.9. The molecule has 0 aliphatic carbocycles. The Morgan fingerprint density at radius 3 is 1.15 bits per heavy atom. The lowest BCUT2D eigenvalue weighted by molar-refractivity contribution is -0.0674. The molecule has 6 unspecified atom stereocenters. The van der Waals surface area contributed by atoms with Gasteiger partial charge in [-0.1, -0.05) is 84.0 Å². The molecule has 0 saturated carbocycles. The molecule has 0 aromatic heterocycles. The average Bonchev–Trinajstić information content (AvgIpc) is 3.11. The summed E-state index contributed by atoms with van der Waals surface area (Å²) in [5.41, 5.74) is 0. The van der Waals surface area contributed by atoms with Crippen LogP contribution in [-0.4, -0.2) is 152 Å². The zero-order valence-electron chi connectivity index (χ0n) is 45.2. The van der Waals surface area contributed by atoms with Crippen LogP contribution in [0.15, 0.2) is 0 Å². The Morgan fingerprint density at radius 2 is 0.723 bits per heavy atom. The monoisotopic (exact) mass is 1070 g/mol. The van der Waals surface area contributed by atoms with Crippen LogP contribution in [0.5, 0.6) is 0 Å². The van der Waals surface area contributed by atoms with Crippen molar-refractivity contribution in [1.29, 1.82) is 0 Å². The van der Waals surface area contributed by atoms with Crippen molar-refractivity contribution in [3.8, 4) is 0 Å². The molecule has 21 heteroatoms. The highest BCUT2D eigenvalue weighted by Crippen LogP contribution is 2.36. The van der Waals surface area contributed by atoms with Gasteiger partial charge in [-0.3, -0.25) is 0 Å². The lowest BCUT2D eigenvalue weighted by Crippen LogP contribution is -2.62. The first-order chi connectivity index (χ1) is 29.8. The summed E-state index contributed by atoms with van der Waals surface area (Å²) in [6, 6.07) is 3.37. The minimum Gasteiger partial charge on any atom is -0.456 e. The number of rotatable bonds is 43. The van der Waals surface area contributed by atoms with Gasteiger partial charge in [-0.25, -0.2) is 0 Å². The summed E-state index contributed by atoms with van der Waals surface area (Å²) < 4.78 is 60.1. The molecule has 6 atom stereocenters. The largest absolute Gasteiger partial charge is 0.456 e. The standard InChI is InChI=1S/C44H106O13Si8/c1-18-19-20-21-22-23-24-25-26-27-28-29-32-64(16,55-62(13,14)53-59(5,6)7)57-65(17,35-34-61(11,12)52-58(2,3)4)56-63(15,54-60(8,9)10)33-30-31-49-38-43(47)39-51-41-44(48)40-50-37-42(46)36-45/h42-48H,18-41H2,1-17H3. The van der Waals surface area contributed by atoms with Gasteiger partial charge in [-0.15, -0.1) is 0 Å². The number of hydrogen-bond acceptors (Lipinski definition) is 13. The van der Waals surface area contributed by atoms with Gasteiger partial charge in [0.2, 0.25) is 0 Å². The van der Waals surface area contributed by atoms with Crippen LogP contribution in [0, 0.1) is 0 Å². The normalized spacial score (nSPS) is 17.7. The molecule has 0 radical (unpaired) electrons. The van der Waals surface area contributed by atoms with Crippen LogP contribution >= 0.6 is 0 Å². The zero-order valence-corrected chi connectivity index (χ0v) is 53.2. The highest BCUT2D eigenvalue weighted by molar-refractivity contribution is 6.92. The van der Waals surface area contributed by atoms with E-state index >= 15 is 0 Å². The van der Waals surface area contributed by atoms with Gasteiger partial charge in [0.15, 0.2) is 33.3 Å². The molecule has 0 spiro atoms. The van der Waals surface area contributed by atoms with E-state index in [9.17, 15) is 15.3 Å². The van der Waals surface area contributed by atoms with Crippen LogP contribution in [-0.2, 0) is 38.9 Å². The fourth-order valence-electron chi connectivity index (χ4n) is 8.45. The molecule has 0 aliphatic rings. The Bertz CT molecular complexity index is 1210. The summed E-state index contributed by atoms with van der Waals surface area (Å²) in [6.45, 7) is 38.3. The molecule has 65 heavy (non-hydrogen) atoms. The van der Waals surface area contributed by atoms with E-state index in [1.807, 2.05) is 0 Å². The van der Waals surface area contributed by atoms with Crippen LogP contribution in [0.3, 0.4) is 0 Å². The zero-order chi connectivity index (χ0) is 50.1. The maximum atomic E-state index is 10.5. The summed E-state index contributed by atoms with van der Waals surface area (Å²) >= 11 is 0. The fraction of sp³-hybridized carbons (Fsp3) is 1.00. The smallest absolute Gasteiger partial charge is 0.317 e. The third-order valence-electron chi connectivity index (χ3n) is 10.3. The Hall–Kier alpha value is 1.22. The van der Waals surface area contributed by atoms with E-state index in [1.54, 1.807) is 0 Å². The van der Waals surface area contributed by atoms with Crippen molar-refractivity contribution in [2.24, 2.45) is 0 Å². The van der Waals surface area contributed by atoms with Crippen molar-refractivity contribution < 1.29 is 59.3 Å². The minimum atomic E-state index is -3.00. The summed E-state index contributed by atoms with van der Waals surface area (Å²) in [5, 5.41) is 38.9. The van der Waals surface area contributed by atoms with Gasteiger partial charge in [-0.05, 0) is 135 Å². The molecule has 0 saturated heterocycles. The Morgan fingerprint density at radius 1 is 0.354 bits per heavy atom. The quantitative estimate of drug-likeness (QED) is 0.0337. The first-order valence-electron chi connectivity index (χ1n) is 25.3. The van der Waals surface area contributed by atoms with Gasteiger partial charge in [0.1, 0.15) is 18.3 Å². The summed E-state index contributed by atoms with van der Waals surface area (Å²) in [5.74, 6) is 0. The maximum Gasteiger partial charge on any atom is 0.317 e. The topological polar surface area (TPSA) is 164 Å². The Labute approximate surface area is 408 Å². The molecule has 0 fully saturated rings. The van der Waals surface area contributed by atoms with E-state index in [2.05, 4.69) is 112 Å². The van der Waals surface area contributed by atoms with E-state index in [0.717, 1.165) is 30.6 Å². The highest BCUT2D eigenvalue weighted by atomic mass is 28.5. The van der Waals surface area contributed by atoms with Gasteiger partial charge in [0, 0.05) is 6.61 Å². The van der Waals surface area contributed by atoms with E-state index in [4.69, 9.17) is 44.0 Å². The molecular weight excluding hydrogens is 961 g/mol. The van der Waals surface area contributed by atoms with E-state index in [1.165, 1.54) is 70.6 Å². The van der Waals surface area contributed by atoms with Gasteiger partial charge < -0.3 is 59.3 Å². The van der Waals surface area contributed by atoms with Crippen molar-refractivity contribution >= 4 is 67.5 Å². The number of hydrogen-bond donors (Lipinski definition) is 4. The first kappa shape index (κ1) is 66.2. The molecule has 0 aliphatic heterocycles. The lowest BCUT2D eigenvalue weighted by Gasteiger charge is -2.46. The molecule has 0 aromatic carbocycles. The number of aliphatic hydroxyl groups is 4. The number of aliphatic hydroxyl groups excluding tert-OH is 4. The van der Waals surface area contributed by atoms with Crippen molar-refractivity contribution in [2.75, 3.05) is 46.2 Å². The third kappa shape index (κ3) is 38.6. The molecule has 0 aromatic rings. The fourth-order valence-corrected chi connectivity index (χ4v) is 48.6. The second kappa shape index (κ2) is 32.3. The SMILES string of the molecule is CCCCCCCCCCCCCC[Si](C)(O[Si](C)(C)O[Si](C)(C)C)O[Si](C)(CC[Si](C)(C)O[Si](C)(C)C)O[Si](C)(CCCOCC(O)COCC(O)COCC(O)CO)O[Si](C)(C)C. The molecule has 0 rings (SSSR count). The minimum absolute atomic E-state index is 0.000363. The van der Waals surface area contributed by atoms with Crippen LogP contribution in [0.2, 0.25) is 129 Å². The van der Waals surface area contributed by atoms with Crippen molar-refractivity contribution in [3.05, 3.63) is 0 Å². The second-order valence-corrected chi connectivity index (χ2v) is 55.7. The molecule has 0 heterocycles.